The molecule has 0 spiro atoms. The molecule has 1 heterocycles. The Morgan fingerprint density at radius 3 is 3.18 bits per heavy atom. The summed E-state index contributed by atoms with van der Waals surface area (Å²) >= 11 is 3.49. The number of halogens is 1. The maximum absolute atomic E-state index is 4.21. The fourth-order valence-corrected chi connectivity index (χ4v) is 1.66. The van der Waals surface area contributed by atoms with E-state index in [2.05, 4.69) is 39.9 Å². The van der Waals surface area contributed by atoms with Gasteiger partial charge in [0.25, 0.3) is 0 Å². The zero-order valence-corrected chi connectivity index (χ0v) is 7.85. The van der Waals surface area contributed by atoms with Gasteiger partial charge in [0.1, 0.15) is 0 Å². The number of nitrogens with zero attached hydrogens (tertiary/aromatic N) is 1. The number of benzene rings is 1. The number of rotatable bonds is 0. The molecule has 1 aliphatic heterocycles. The molecule has 1 aliphatic rings. The summed E-state index contributed by atoms with van der Waals surface area (Å²) in [4.78, 5) is 4.21. The number of hydrogen-bond donors (Lipinski definition) is 0. The summed E-state index contributed by atoms with van der Waals surface area (Å²) in [6.45, 7) is 2.96. The van der Waals surface area contributed by atoms with Gasteiger partial charge in [-0.1, -0.05) is 0 Å². The van der Waals surface area contributed by atoms with E-state index in [4.69, 9.17) is 0 Å². The van der Waals surface area contributed by atoms with Crippen LogP contribution in [0.5, 0.6) is 0 Å². The van der Waals surface area contributed by atoms with Crippen LogP contribution in [-0.4, -0.2) is 7.07 Å². The van der Waals surface area contributed by atoms with Crippen LogP contribution in [0.25, 0.3) is 0 Å². The van der Waals surface area contributed by atoms with Crippen molar-refractivity contribution in [3.63, 3.8) is 0 Å². The van der Waals surface area contributed by atoms with Gasteiger partial charge >= 0.3 is 74.6 Å². The standard InChI is InChI=1S/C8H7BBrN/c1-5-7(10)3-2-6-4-11-9-8(5)6/h2-3H,4H2,1H3. The Hall–Kier alpha value is -0.435. The van der Waals surface area contributed by atoms with Gasteiger partial charge in [0.15, 0.2) is 0 Å². The Bertz CT molecular complexity index is 333. The minimum absolute atomic E-state index is 0.851. The normalized spacial score (nSPS) is 12.9. The first kappa shape index (κ1) is 7.23. The van der Waals surface area contributed by atoms with Crippen molar-refractivity contribution in [1.82, 2.24) is 0 Å². The van der Waals surface area contributed by atoms with Crippen LogP contribution in [0.2, 0.25) is 0 Å². The minimum atomic E-state index is 0.851. The second-order valence-electron chi connectivity index (χ2n) is 2.71. The zero-order valence-electron chi connectivity index (χ0n) is 6.26. The molecule has 1 nitrogen and oxygen atoms in total. The zero-order chi connectivity index (χ0) is 7.84. The second kappa shape index (κ2) is 2.56. The Balaban J connectivity index is 2.70. The van der Waals surface area contributed by atoms with Crippen LogP contribution in [-0.2, 0) is 6.54 Å². The second-order valence-corrected chi connectivity index (χ2v) is 3.57. The van der Waals surface area contributed by atoms with Gasteiger partial charge in [-0.2, -0.15) is 0 Å². The molecule has 1 aromatic rings. The molecule has 54 valence electrons. The predicted molar refractivity (Wildman–Crippen MR) is 50.4 cm³/mol. The molecular formula is C8H7BBrN. The van der Waals surface area contributed by atoms with E-state index in [1.807, 2.05) is 7.07 Å². The predicted octanol–water partition coefficient (Wildman–Crippen LogP) is 1.78. The summed E-state index contributed by atoms with van der Waals surface area (Å²) in [5, 5.41) is 0. The van der Waals surface area contributed by atoms with E-state index in [9.17, 15) is 0 Å². The van der Waals surface area contributed by atoms with Crippen LogP contribution in [0, 0.1) is 6.92 Å². The van der Waals surface area contributed by atoms with E-state index >= 15 is 0 Å². The molecule has 0 saturated carbocycles. The molecule has 11 heavy (non-hydrogen) atoms. The van der Waals surface area contributed by atoms with Crippen molar-refractivity contribution in [3.05, 3.63) is 27.7 Å². The SMILES string of the molecule is Cc1c(Br)ccc2c1B=NC2. The van der Waals surface area contributed by atoms with E-state index in [0.717, 1.165) is 6.54 Å². The fourth-order valence-electron chi connectivity index (χ4n) is 1.31. The molecule has 3 heteroatoms. The van der Waals surface area contributed by atoms with Crippen molar-refractivity contribution in [2.75, 3.05) is 0 Å². The van der Waals surface area contributed by atoms with Gasteiger partial charge in [-0.25, -0.2) is 0 Å². The molecule has 0 bridgehead atoms. The Morgan fingerprint density at radius 1 is 1.55 bits per heavy atom. The van der Waals surface area contributed by atoms with Gasteiger partial charge in [-0.15, -0.1) is 0 Å². The topological polar surface area (TPSA) is 12.4 Å². The van der Waals surface area contributed by atoms with E-state index in [0.29, 0.717) is 0 Å². The average Bonchev–Trinajstić information content (AvgIpc) is 2.45. The Labute approximate surface area is 74.9 Å². The quantitative estimate of drug-likeness (QED) is 0.576. The summed E-state index contributed by atoms with van der Waals surface area (Å²) in [7, 11) is 1.95. The molecule has 2 rings (SSSR count). The van der Waals surface area contributed by atoms with Gasteiger partial charge in [0, 0.05) is 0 Å². The van der Waals surface area contributed by atoms with Crippen LogP contribution in [0.1, 0.15) is 11.1 Å². The molecule has 0 saturated heterocycles. The fraction of sp³-hybridized carbons (Fsp3) is 0.250. The number of fused-ring (bicyclic) bond motifs is 1. The van der Waals surface area contributed by atoms with Crippen molar-refractivity contribution < 1.29 is 0 Å². The van der Waals surface area contributed by atoms with Crippen LogP contribution in [0.3, 0.4) is 0 Å². The first-order valence-electron chi connectivity index (χ1n) is 3.57. The molecule has 0 N–H and O–H groups in total. The number of hydrogen-bond acceptors (Lipinski definition) is 1. The third kappa shape index (κ3) is 1.08. The van der Waals surface area contributed by atoms with Gasteiger partial charge < -0.3 is 0 Å². The van der Waals surface area contributed by atoms with Gasteiger partial charge in [0.05, 0.1) is 0 Å². The van der Waals surface area contributed by atoms with Crippen molar-refractivity contribution in [1.29, 1.82) is 0 Å². The van der Waals surface area contributed by atoms with Crippen molar-refractivity contribution in [2.24, 2.45) is 4.90 Å². The van der Waals surface area contributed by atoms with E-state index in [1.54, 1.807) is 0 Å². The summed E-state index contributed by atoms with van der Waals surface area (Å²) in [6, 6.07) is 4.21. The maximum atomic E-state index is 4.21. The van der Waals surface area contributed by atoms with Crippen LogP contribution in [0.4, 0.5) is 0 Å². The van der Waals surface area contributed by atoms with Crippen molar-refractivity contribution in [2.45, 2.75) is 13.5 Å². The van der Waals surface area contributed by atoms with Gasteiger partial charge in [-0.3, -0.25) is 0 Å². The van der Waals surface area contributed by atoms with E-state index in [-0.39, 0.29) is 0 Å². The van der Waals surface area contributed by atoms with Crippen LogP contribution in [0.15, 0.2) is 21.5 Å². The molecule has 0 fully saturated rings. The Morgan fingerprint density at radius 2 is 2.36 bits per heavy atom. The van der Waals surface area contributed by atoms with E-state index in [1.165, 1.54) is 21.1 Å². The monoisotopic (exact) mass is 207 g/mol. The molecular weight excluding hydrogens is 201 g/mol. The summed E-state index contributed by atoms with van der Waals surface area (Å²) < 4.78 is 1.17. The van der Waals surface area contributed by atoms with Crippen molar-refractivity contribution >= 4 is 28.5 Å². The molecule has 0 unspecified atom stereocenters. The summed E-state index contributed by atoms with van der Waals surface area (Å²) in [5.74, 6) is 0. The van der Waals surface area contributed by atoms with Gasteiger partial charge in [0.2, 0.25) is 0 Å². The summed E-state index contributed by atoms with van der Waals surface area (Å²) in [5.41, 5.74) is 3.92. The Kier molecular flexibility index (Phi) is 1.68. The average molecular weight is 208 g/mol. The molecule has 0 aromatic heterocycles. The molecule has 0 radical (unpaired) electrons. The third-order valence-electron chi connectivity index (χ3n) is 2.02. The summed E-state index contributed by atoms with van der Waals surface area (Å²) in [6.07, 6.45) is 0. The van der Waals surface area contributed by atoms with Crippen LogP contribution >= 0.6 is 15.9 Å². The van der Waals surface area contributed by atoms with E-state index < -0.39 is 0 Å². The third-order valence-corrected chi connectivity index (χ3v) is 2.88. The molecule has 0 aliphatic carbocycles. The molecule has 1 aromatic carbocycles. The van der Waals surface area contributed by atoms with Gasteiger partial charge in [-0.05, 0) is 0 Å². The molecule has 0 atom stereocenters. The first-order valence-corrected chi connectivity index (χ1v) is 4.36. The first-order chi connectivity index (χ1) is 5.29. The van der Waals surface area contributed by atoms with Crippen molar-refractivity contribution in [3.8, 4) is 0 Å². The van der Waals surface area contributed by atoms with Crippen LogP contribution < -0.4 is 5.46 Å². The molecule has 0 amide bonds.